The van der Waals surface area contributed by atoms with E-state index in [1.807, 2.05) is 30.3 Å². The lowest BCUT2D eigenvalue weighted by Crippen LogP contribution is -2.29. The van der Waals surface area contributed by atoms with Crippen LogP contribution in [0.25, 0.3) is 0 Å². The monoisotopic (exact) mass is 358 g/mol. The fourth-order valence-electron chi connectivity index (χ4n) is 4.24. The number of β-amino-alcohol motifs (C(OH)–C–C–N with tert-alkyl or cyclic N) is 1. The van der Waals surface area contributed by atoms with E-state index in [0.29, 0.717) is 18.4 Å². The number of fused-ring (bicyclic) bond motifs is 1. The maximum Gasteiger partial charge on any atom is 0.255 e. The second kappa shape index (κ2) is 7.21. The first kappa shape index (κ1) is 17.2. The highest BCUT2D eigenvalue weighted by molar-refractivity contribution is 5.22. The zero-order valence-corrected chi connectivity index (χ0v) is 14.5. The smallest absolute Gasteiger partial charge is 0.255 e. The zero-order valence-electron chi connectivity index (χ0n) is 14.5. The summed E-state index contributed by atoms with van der Waals surface area (Å²) in [7, 11) is 0. The molecule has 1 aliphatic heterocycles. The molecule has 0 amide bonds. The molecule has 2 aromatic rings. The maximum absolute atomic E-state index is 13.4. The van der Waals surface area contributed by atoms with Gasteiger partial charge in [-0.2, -0.15) is 4.39 Å². The Balaban J connectivity index is 1.29. The fourth-order valence-corrected chi connectivity index (χ4v) is 4.24. The molecule has 0 radical (unpaired) electrons. The highest BCUT2D eigenvalue weighted by Crippen LogP contribution is 2.40. The van der Waals surface area contributed by atoms with Crippen molar-refractivity contribution in [1.29, 1.82) is 0 Å². The van der Waals surface area contributed by atoms with Crippen molar-refractivity contribution in [3.63, 3.8) is 0 Å². The first-order chi connectivity index (χ1) is 12.6. The van der Waals surface area contributed by atoms with Crippen LogP contribution in [-0.2, 0) is 0 Å². The van der Waals surface area contributed by atoms with Gasteiger partial charge in [-0.1, -0.05) is 18.2 Å². The first-order valence-corrected chi connectivity index (χ1v) is 9.06. The van der Waals surface area contributed by atoms with Gasteiger partial charge in [-0.3, -0.25) is 4.90 Å². The van der Waals surface area contributed by atoms with Crippen molar-refractivity contribution < 1.29 is 19.3 Å². The van der Waals surface area contributed by atoms with Gasteiger partial charge in [0.2, 0.25) is 0 Å². The number of rotatable bonds is 5. The van der Waals surface area contributed by atoms with E-state index in [1.165, 1.54) is 12.1 Å². The standard InChI is InChI=1S/C20H23FN2O3/c21-20-18(24)7-6-17(22-20)19(25)12-23-10-13-8-16(9-14(13)11-23)26-15-4-2-1-3-5-15/h1-7,13-14,16,19,24-25H,8-12H2/t13-,14+,16?,19-/m0/s1. The molecule has 1 aromatic heterocycles. The Morgan fingerprint density at radius 1 is 1.12 bits per heavy atom. The zero-order chi connectivity index (χ0) is 18.1. The van der Waals surface area contributed by atoms with Crippen molar-refractivity contribution >= 4 is 0 Å². The third kappa shape index (κ3) is 3.66. The van der Waals surface area contributed by atoms with Crippen LogP contribution in [0.4, 0.5) is 4.39 Å². The van der Waals surface area contributed by atoms with Gasteiger partial charge < -0.3 is 14.9 Å². The molecule has 2 aliphatic rings. The van der Waals surface area contributed by atoms with E-state index in [0.717, 1.165) is 31.7 Å². The van der Waals surface area contributed by atoms with Crippen molar-refractivity contribution in [2.75, 3.05) is 19.6 Å². The predicted octanol–water partition coefficient (Wildman–Crippen LogP) is 2.75. The number of likely N-dealkylation sites (tertiary alicyclic amines) is 1. The molecule has 6 heteroatoms. The summed E-state index contributed by atoms with van der Waals surface area (Å²) in [5, 5.41) is 19.5. The van der Waals surface area contributed by atoms with Crippen molar-refractivity contribution in [1.82, 2.24) is 9.88 Å². The molecule has 26 heavy (non-hydrogen) atoms. The van der Waals surface area contributed by atoms with E-state index < -0.39 is 17.8 Å². The van der Waals surface area contributed by atoms with Crippen LogP contribution in [0, 0.1) is 17.8 Å². The second-order valence-corrected chi connectivity index (χ2v) is 7.32. The van der Waals surface area contributed by atoms with Crippen molar-refractivity contribution in [3.8, 4) is 11.5 Å². The maximum atomic E-state index is 13.4. The Labute approximate surface area is 152 Å². The molecule has 5 nitrogen and oxygen atoms in total. The van der Waals surface area contributed by atoms with Crippen LogP contribution in [0.2, 0.25) is 0 Å². The van der Waals surface area contributed by atoms with Crippen LogP contribution in [-0.4, -0.2) is 45.8 Å². The lowest BCUT2D eigenvalue weighted by molar-refractivity contribution is 0.112. The number of halogens is 1. The van der Waals surface area contributed by atoms with Crippen LogP contribution in [0.15, 0.2) is 42.5 Å². The van der Waals surface area contributed by atoms with E-state index in [2.05, 4.69) is 9.88 Å². The number of nitrogens with zero attached hydrogens (tertiary/aromatic N) is 2. The molecule has 1 saturated heterocycles. The molecule has 1 saturated carbocycles. The van der Waals surface area contributed by atoms with Crippen LogP contribution >= 0.6 is 0 Å². The molecule has 0 spiro atoms. The van der Waals surface area contributed by atoms with E-state index in [-0.39, 0.29) is 11.8 Å². The predicted molar refractivity (Wildman–Crippen MR) is 94.3 cm³/mol. The highest BCUT2D eigenvalue weighted by Gasteiger charge is 2.42. The minimum Gasteiger partial charge on any atom is -0.504 e. The van der Waals surface area contributed by atoms with Crippen LogP contribution < -0.4 is 4.74 Å². The number of aromatic hydroxyl groups is 1. The minimum atomic E-state index is -0.944. The summed E-state index contributed by atoms with van der Waals surface area (Å²) < 4.78 is 19.4. The Bertz CT molecular complexity index is 744. The number of pyridine rings is 1. The third-order valence-electron chi connectivity index (χ3n) is 5.45. The molecule has 2 heterocycles. The van der Waals surface area contributed by atoms with E-state index >= 15 is 0 Å². The average molecular weight is 358 g/mol. The largest absolute Gasteiger partial charge is 0.504 e. The average Bonchev–Trinajstić information content (AvgIpc) is 3.16. The number of benzene rings is 1. The van der Waals surface area contributed by atoms with Crippen LogP contribution in [0.5, 0.6) is 11.5 Å². The molecule has 2 fully saturated rings. The van der Waals surface area contributed by atoms with Crippen molar-refractivity contribution in [2.24, 2.45) is 11.8 Å². The molecule has 1 unspecified atom stereocenters. The van der Waals surface area contributed by atoms with Crippen molar-refractivity contribution in [2.45, 2.75) is 25.0 Å². The van der Waals surface area contributed by atoms with Crippen LogP contribution in [0.1, 0.15) is 24.6 Å². The Kier molecular flexibility index (Phi) is 4.78. The normalized spacial score (nSPS) is 26.6. The number of hydrogen-bond acceptors (Lipinski definition) is 5. The Morgan fingerprint density at radius 2 is 1.81 bits per heavy atom. The molecule has 0 bridgehead atoms. The van der Waals surface area contributed by atoms with Gasteiger partial charge in [0.15, 0.2) is 5.75 Å². The molecule has 2 N–H and O–H groups in total. The van der Waals surface area contributed by atoms with Gasteiger partial charge in [-0.25, -0.2) is 4.98 Å². The van der Waals surface area contributed by atoms with Gasteiger partial charge in [0, 0.05) is 19.6 Å². The summed E-state index contributed by atoms with van der Waals surface area (Å²) in [5.41, 5.74) is 0.252. The lowest BCUT2D eigenvalue weighted by Gasteiger charge is -2.22. The molecule has 1 aliphatic carbocycles. The van der Waals surface area contributed by atoms with Gasteiger partial charge in [0.25, 0.3) is 5.95 Å². The lowest BCUT2D eigenvalue weighted by atomic mass is 10.0. The van der Waals surface area contributed by atoms with Gasteiger partial charge in [0.05, 0.1) is 11.8 Å². The van der Waals surface area contributed by atoms with Gasteiger partial charge in [0.1, 0.15) is 11.9 Å². The Hall–Kier alpha value is -2.18. The molecular formula is C20H23FN2O3. The van der Waals surface area contributed by atoms with Gasteiger partial charge in [-0.15, -0.1) is 0 Å². The summed E-state index contributed by atoms with van der Waals surface area (Å²) in [4.78, 5) is 5.85. The molecule has 4 rings (SSSR count). The number of aliphatic hydroxyl groups excluding tert-OH is 1. The van der Waals surface area contributed by atoms with E-state index in [4.69, 9.17) is 4.74 Å². The molecule has 1 aromatic carbocycles. The third-order valence-corrected chi connectivity index (χ3v) is 5.45. The number of para-hydroxylation sites is 1. The van der Waals surface area contributed by atoms with Gasteiger partial charge >= 0.3 is 0 Å². The summed E-state index contributed by atoms with van der Waals surface area (Å²) in [6.07, 6.45) is 1.45. The Morgan fingerprint density at radius 3 is 2.46 bits per heavy atom. The summed E-state index contributed by atoms with van der Waals surface area (Å²) in [5.74, 6) is 0.618. The molecule has 4 atom stereocenters. The number of hydrogen-bond donors (Lipinski definition) is 2. The van der Waals surface area contributed by atoms with Crippen molar-refractivity contribution in [3.05, 3.63) is 54.1 Å². The quantitative estimate of drug-likeness (QED) is 0.805. The number of ether oxygens (including phenoxy) is 1. The number of aromatic nitrogens is 1. The van der Waals surface area contributed by atoms with E-state index in [9.17, 15) is 14.6 Å². The highest BCUT2D eigenvalue weighted by atomic mass is 19.1. The summed E-state index contributed by atoms with van der Waals surface area (Å²) >= 11 is 0. The minimum absolute atomic E-state index is 0.252. The first-order valence-electron chi connectivity index (χ1n) is 9.06. The topological polar surface area (TPSA) is 65.8 Å². The summed E-state index contributed by atoms with van der Waals surface area (Å²) in [6, 6.07) is 12.6. The second-order valence-electron chi connectivity index (χ2n) is 7.32. The fraction of sp³-hybridized carbons (Fsp3) is 0.450. The molecule has 138 valence electrons. The number of aliphatic hydroxyl groups is 1. The summed E-state index contributed by atoms with van der Waals surface area (Å²) in [6.45, 7) is 2.25. The van der Waals surface area contributed by atoms with Gasteiger partial charge in [-0.05, 0) is 48.9 Å². The van der Waals surface area contributed by atoms with Crippen LogP contribution in [0.3, 0.4) is 0 Å². The van der Waals surface area contributed by atoms with E-state index in [1.54, 1.807) is 0 Å². The SMILES string of the molecule is Oc1ccc([C@@H](O)CN2C[C@H]3CC(Oc4ccccc4)C[C@H]3C2)nc1F. The molecular weight excluding hydrogens is 335 g/mol.